The zero-order valence-electron chi connectivity index (χ0n) is 9.41. The smallest absolute Gasteiger partial charge is 0.338 e. The molecule has 0 aromatic heterocycles. The van der Waals surface area contributed by atoms with E-state index in [1.807, 2.05) is 0 Å². The largest absolute Gasteiger partial charge is 0.460 e. The number of carbonyl (C=O) groups excluding carboxylic acids is 2. The lowest BCUT2D eigenvalue weighted by Crippen LogP contribution is -2.30. The molecule has 0 bridgehead atoms. The monoisotopic (exact) mass is 315 g/mol. The van der Waals surface area contributed by atoms with Gasteiger partial charge in [0.2, 0.25) is 5.91 Å². The Hall–Kier alpha value is -1.43. The van der Waals surface area contributed by atoms with E-state index in [4.69, 9.17) is 4.74 Å². The number of benzene rings is 1. The fraction of sp³-hybridized carbons (Fsp3) is 0.333. The number of halogens is 2. The van der Waals surface area contributed by atoms with Crippen molar-refractivity contribution in [3.05, 3.63) is 34.1 Å². The van der Waals surface area contributed by atoms with Gasteiger partial charge in [-0.25, -0.2) is 9.18 Å². The predicted molar refractivity (Wildman–Crippen MR) is 65.5 cm³/mol. The van der Waals surface area contributed by atoms with Gasteiger partial charge < -0.3 is 10.1 Å². The summed E-state index contributed by atoms with van der Waals surface area (Å²) in [4.78, 5) is 22.6. The Morgan fingerprint density at radius 3 is 2.94 bits per heavy atom. The highest BCUT2D eigenvalue weighted by molar-refractivity contribution is 9.10. The Labute approximate surface area is 112 Å². The minimum Gasteiger partial charge on any atom is -0.460 e. The van der Waals surface area contributed by atoms with Gasteiger partial charge in [-0.1, -0.05) is 0 Å². The SMILES string of the molecule is O=C1CCC(COC(=O)c2ccc(F)c(Br)c2)N1. The molecule has 0 spiro atoms. The van der Waals surface area contributed by atoms with Crippen LogP contribution in [0.4, 0.5) is 4.39 Å². The van der Waals surface area contributed by atoms with Crippen LogP contribution in [0.5, 0.6) is 0 Å². The van der Waals surface area contributed by atoms with Gasteiger partial charge in [0.1, 0.15) is 12.4 Å². The number of carbonyl (C=O) groups is 2. The normalized spacial score (nSPS) is 18.6. The number of ether oxygens (including phenoxy) is 1. The van der Waals surface area contributed by atoms with Crippen LogP contribution < -0.4 is 5.32 Å². The maximum atomic E-state index is 13.0. The molecule has 1 aliphatic rings. The predicted octanol–water partition coefficient (Wildman–Crippen LogP) is 2.02. The van der Waals surface area contributed by atoms with Gasteiger partial charge in [-0.3, -0.25) is 4.79 Å². The summed E-state index contributed by atoms with van der Waals surface area (Å²) in [6.45, 7) is 0.138. The molecule has 1 saturated heterocycles. The Morgan fingerprint density at radius 2 is 2.33 bits per heavy atom. The van der Waals surface area contributed by atoms with Gasteiger partial charge in [0.25, 0.3) is 0 Å². The maximum absolute atomic E-state index is 13.0. The third kappa shape index (κ3) is 3.07. The molecule has 2 rings (SSSR count). The number of hydrogen-bond acceptors (Lipinski definition) is 3. The Kier molecular flexibility index (Phi) is 3.96. The summed E-state index contributed by atoms with van der Waals surface area (Å²) in [7, 11) is 0. The van der Waals surface area contributed by atoms with Crippen LogP contribution in [0.1, 0.15) is 23.2 Å². The van der Waals surface area contributed by atoms with Crippen LogP contribution in [-0.4, -0.2) is 24.5 Å². The number of amides is 1. The minimum absolute atomic E-state index is 0.0272. The number of nitrogens with one attached hydrogen (secondary N) is 1. The zero-order valence-corrected chi connectivity index (χ0v) is 11.0. The molecule has 1 aliphatic heterocycles. The average molecular weight is 316 g/mol. The molecule has 1 atom stereocenters. The highest BCUT2D eigenvalue weighted by Crippen LogP contribution is 2.17. The molecule has 96 valence electrons. The second-order valence-electron chi connectivity index (χ2n) is 4.03. The fourth-order valence-corrected chi connectivity index (χ4v) is 2.06. The molecule has 1 heterocycles. The van der Waals surface area contributed by atoms with Crippen LogP contribution in [-0.2, 0) is 9.53 Å². The van der Waals surface area contributed by atoms with E-state index in [2.05, 4.69) is 21.2 Å². The molecule has 6 heteroatoms. The molecule has 1 aromatic rings. The van der Waals surface area contributed by atoms with Crippen molar-refractivity contribution >= 4 is 27.8 Å². The Balaban J connectivity index is 1.91. The first-order valence-corrected chi connectivity index (χ1v) is 6.27. The van der Waals surface area contributed by atoms with Crippen molar-refractivity contribution < 1.29 is 18.7 Å². The first kappa shape index (κ1) is 13.0. The van der Waals surface area contributed by atoms with Crippen molar-refractivity contribution in [2.45, 2.75) is 18.9 Å². The second kappa shape index (κ2) is 5.48. The lowest BCUT2D eigenvalue weighted by atomic mass is 10.2. The van der Waals surface area contributed by atoms with E-state index in [1.165, 1.54) is 18.2 Å². The van der Waals surface area contributed by atoms with Crippen LogP contribution in [0, 0.1) is 5.82 Å². The number of esters is 1. The summed E-state index contributed by atoms with van der Waals surface area (Å²) < 4.78 is 18.3. The van der Waals surface area contributed by atoms with Gasteiger partial charge in [0, 0.05) is 6.42 Å². The van der Waals surface area contributed by atoms with E-state index < -0.39 is 11.8 Å². The molecular formula is C12H11BrFNO3. The van der Waals surface area contributed by atoms with Gasteiger partial charge in [-0.15, -0.1) is 0 Å². The first-order chi connectivity index (χ1) is 8.56. The topological polar surface area (TPSA) is 55.4 Å². The minimum atomic E-state index is -0.531. The highest BCUT2D eigenvalue weighted by atomic mass is 79.9. The molecule has 0 aliphatic carbocycles. The summed E-state index contributed by atoms with van der Waals surface area (Å²) in [6, 6.07) is 3.80. The number of hydrogen-bond donors (Lipinski definition) is 1. The molecule has 1 aromatic carbocycles. The molecule has 1 fully saturated rings. The van der Waals surface area contributed by atoms with E-state index in [9.17, 15) is 14.0 Å². The third-order valence-electron chi connectivity index (χ3n) is 2.66. The van der Waals surface area contributed by atoms with Crippen molar-refractivity contribution in [2.75, 3.05) is 6.61 Å². The number of rotatable bonds is 3. The molecule has 1 N–H and O–H groups in total. The molecular weight excluding hydrogens is 305 g/mol. The van der Waals surface area contributed by atoms with E-state index in [0.717, 1.165) is 0 Å². The second-order valence-corrected chi connectivity index (χ2v) is 4.88. The van der Waals surface area contributed by atoms with Crippen LogP contribution in [0.15, 0.2) is 22.7 Å². The molecule has 0 saturated carbocycles. The average Bonchev–Trinajstić information content (AvgIpc) is 2.75. The summed E-state index contributed by atoms with van der Waals surface area (Å²) in [5, 5.41) is 2.70. The van der Waals surface area contributed by atoms with Crippen molar-refractivity contribution in [2.24, 2.45) is 0 Å². The van der Waals surface area contributed by atoms with E-state index in [1.54, 1.807) is 0 Å². The highest BCUT2D eigenvalue weighted by Gasteiger charge is 2.22. The Morgan fingerprint density at radius 1 is 1.56 bits per heavy atom. The quantitative estimate of drug-likeness (QED) is 0.868. The van der Waals surface area contributed by atoms with Gasteiger partial charge in [0.05, 0.1) is 16.1 Å². The van der Waals surface area contributed by atoms with Gasteiger partial charge in [-0.05, 0) is 40.5 Å². The molecule has 4 nitrogen and oxygen atoms in total. The summed E-state index contributed by atoms with van der Waals surface area (Å²) in [6.07, 6.45) is 1.13. The van der Waals surface area contributed by atoms with Crippen molar-refractivity contribution in [3.63, 3.8) is 0 Å². The van der Waals surface area contributed by atoms with Crippen LogP contribution in [0.3, 0.4) is 0 Å². The first-order valence-electron chi connectivity index (χ1n) is 5.48. The van der Waals surface area contributed by atoms with Crippen LogP contribution in [0.25, 0.3) is 0 Å². The van der Waals surface area contributed by atoms with Crippen molar-refractivity contribution in [1.82, 2.24) is 5.32 Å². The van der Waals surface area contributed by atoms with Crippen LogP contribution in [0.2, 0.25) is 0 Å². The van der Waals surface area contributed by atoms with Crippen molar-refractivity contribution in [1.29, 1.82) is 0 Å². The molecule has 1 unspecified atom stereocenters. The summed E-state index contributed by atoms with van der Waals surface area (Å²) in [5.41, 5.74) is 0.271. The maximum Gasteiger partial charge on any atom is 0.338 e. The zero-order chi connectivity index (χ0) is 13.1. The molecule has 18 heavy (non-hydrogen) atoms. The fourth-order valence-electron chi connectivity index (χ4n) is 1.69. The summed E-state index contributed by atoms with van der Waals surface area (Å²) >= 11 is 3.00. The van der Waals surface area contributed by atoms with Crippen LogP contribution >= 0.6 is 15.9 Å². The van der Waals surface area contributed by atoms with E-state index >= 15 is 0 Å². The van der Waals surface area contributed by atoms with Gasteiger partial charge in [0.15, 0.2) is 0 Å². The lowest BCUT2D eigenvalue weighted by molar-refractivity contribution is -0.119. The Bertz CT molecular complexity index is 492. The molecule has 0 radical (unpaired) electrons. The van der Waals surface area contributed by atoms with Gasteiger partial charge >= 0.3 is 5.97 Å². The van der Waals surface area contributed by atoms with Gasteiger partial charge in [-0.2, -0.15) is 0 Å². The lowest BCUT2D eigenvalue weighted by Gasteiger charge is -2.10. The van der Waals surface area contributed by atoms with E-state index in [-0.39, 0.29) is 28.6 Å². The van der Waals surface area contributed by atoms with Crippen molar-refractivity contribution in [3.8, 4) is 0 Å². The standard InChI is InChI=1S/C12H11BrFNO3/c13-9-5-7(1-3-10(9)14)12(17)18-6-8-2-4-11(16)15-8/h1,3,5,8H,2,4,6H2,(H,15,16). The van der Waals surface area contributed by atoms with E-state index in [0.29, 0.717) is 12.8 Å². The summed E-state index contributed by atoms with van der Waals surface area (Å²) in [5.74, 6) is -0.993. The third-order valence-corrected chi connectivity index (χ3v) is 3.26. The molecule has 1 amide bonds.